The van der Waals surface area contributed by atoms with Gasteiger partial charge in [-0.15, -0.1) is 0 Å². The first-order valence-corrected chi connectivity index (χ1v) is 4.80. The number of carbonyl (C=O) groups is 1. The summed E-state index contributed by atoms with van der Waals surface area (Å²) < 4.78 is 5.08. The minimum atomic E-state index is -0.195. The molecule has 0 aliphatic heterocycles. The van der Waals surface area contributed by atoms with Crippen LogP contribution in [0, 0.1) is 11.8 Å². The first-order chi connectivity index (χ1) is 5.99. The summed E-state index contributed by atoms with van der Waals surface area (Å²) in [4.78, 5) is 11.5. The first-order valence-electron chi connectivity index (χ1n) is 4.80. The van der Waals surface area contributed by atoms with Crippen LogP contribution in [0.25, 0.3) is 0 Å². The van der Waals surface area contributed by atoms with Crippen LogP contribution in [-0.4, -0.2) is 23.8 Å². The van der Waals surface area contributed by atoms with Gasteiger partial charge >= 0.3 is 5.97 Å². The topological polar surface area (TPSA) is 46.5 Å². The Bertz CT molecular complexity index is 152. The molecule has 0 aliphatic carbocycles. The Labute approximate surface area is 80.1 Å². The Hall–Kier alpha value is -0.570. The largest absolute Gasteiger partial charge is 0.463 e. The molecule has 0 aromatic heterocycles. The number of ether oxygens (including phenoxy) is 1. The van der Waals surface area contributed by atoms with Gasteiger partial charge in [-0.05, 0) is 26.2 Å². The van der Waals surface area contributed by atoms with Crippen LogP contribution in [0.5, 0.6) is 0 Å². The summed E-state index contributed by atoms with van der Waals surface area (Å²) in [7, 11) is 0. The summed E-state index contributed by atoms with van der Waals surface area (Å²) in [5, 5.41) is 8.76. The monoisotopic (exact) mass is 188 g/mol. The van der Waals surface area contributed by atoms with E-state index in [1.807, 2.05) is 27.7 Å². The van der Waals surface area contributed by atoms with Crippen LogP contribution < -0.4 is 0 Å². The number of carbonyl (C=O) groups excluding carboxylic acids is 1. The van der Waals surface area contributed by atoms with Crippen molar-refractivity contribution in [2.45, 2.75) is 40.2 Å². The maximum Gasteiger partial charge on any atom is 0.309 e. The Morgan fingerprint density at radius 2 is 1.85 bits per heavy atom. The molecule has 0 heterocycles. The summed E-state index contributed by atoms with van der Waals surface area (Å²) in [6.45, 7) is 7.61. The average molecular weight is 188 g/mol. The van der Waals surface area contributed by atoms with E-state index in [2.05, 4.69) is 0 Å². The fraction of sp³-hybridized carbons (Fsp3) is 0.900. The molecule has 0 amide bonds. The Morgan fingerprint density at radius 3 is 2.15 bits per heavy atom. The van der Waals surface area contributed by atoms with Crippen LogP contribution >= 0.6 is 0 Å². The van der Waals surface area contributed by atoms with Crippen molar-refractivity contribution in [2.24, 2.45) is 11.8 Å². The molecule has 78 valence electrons. The van der Waals surface area contributed by atoms with E-state index in [0.29, 0.717) is 6.42 Å². The number of rotatable bonds is 5. The van der Waals surface area contributed by atoms with E-state index in [0.717, 1.165) is 0 Å². The fourth-order valence-electron chi connectivity index (χ4n) is 1.18. The number of aliphatic hydroxyl groups is 1. The molecule has 0 saturated heterocycles. The Morgan fingerprint density at radius 1 is 1.31 bits per heavy atom. The van der Waals surface area contributed by atoms with Gasteiger partial charge < -0.3 is 9.84 Å². The number of hydrogen-bond acceptors (Lipinski definition) is 3. The lowest BCUT2D eigenvalue weighted by molar-refractivity contribution is -0.154. The number of hydrogen-bond donors (Lipinski definition) is 1. The highest BCUT2D eigenvalue weighted by Gasteiger charge is 2.23. The highest BCUT2D eigenvalue weighted by molar-refractivity contribution is 5.72. The second-order valence-electron chi connectivity index (χ2n) is 3.85. The number of esters is 1. The van der Waals surface area contributed by atoms with Gasteiger partial charge in [0, 0.05) is 6.61 Å². The molecule has 0 aromatic rings. The molecule has 1 N–H and O–H groups in total. The number of aliphatic hydroxyl groups excluding tert-OH is 1. The van der Waals surface area contributed by atoms with Crippen molar-refractivity contribution in [1.29, 1.82) is 0 Å². The second kappa shape index (κ2) is 5.97. The predicted molar refractivity (Wildman–Crippen MR) is 51.3 cm³/mol. The SMILES string of the molecule is CC(C)OC(=O)C(CCO)C(C)C. The van der Waals surface area contributed by atoms with Gasteiger partial charge in [-0.2, -0.15) is 0 Å². The van der Waals surface area contributed by atoms with Crippen molar-refractivity contribution >= 4 is 5.97 Å². The highest BCUT2D eigenvalue weighted by Crippen LogP contribution is 2.17. The molecule has 3 heteroatoms. The van der Waals surface area contributed by atoms with Crippen LogP contribution in [0.15, 0.2) is 0 Å². The van der Waals surface area contributed by atoms with E-state index in [1.165, 1.54) is 0 Å². The quantitative estimate of drug-likeness (QED) is 0.666. The Balaban J connectivity index is 4.11. The lowest BCUT2D eigenvalue weighted by atomic mass is 9.93. The van der Waals surface area contributed by atoms with Gasteiger partial charge in [-0.25, -0.2) is 0 Å². The minimum Gasteiger partial charge on any atom is -0.463 e. The van der Waals surface area contributed by atoms with Crippen molar-refractivity contribution in [1.82, 2.24) is 0 Å². The fourth-order valence-corrected chi connectivity index (χ4v) is 1.18. The molecule has 0 spiro atoms. The maximum absolute atomic E-state index is 11.5. The third-order valence-corrected chi connectivity index (χ3v) is 1.90. The zero-order chi connectivity index (χ0) is 10.4. The average Bonchev–Trinajstić information content (AvgIpc) is 1.97. The van der Waals surface area contributed by atoms with Gasteiger partial charge in [-0.1, -0.05) is 13.8 Å². The summed E-state index contributed by atoms with van der Waals surface area (Å²) in [5.74, 6) is -0.148. The lowest BCUT2D eigenvalue weighted by Gasteiger charge is -2.19. The summed E-state index contributed by atoms with van der Waals surface area (Å²) in [6.07, 6.45) is 0.413. The van der Waals surface area contributed by atoms with Gasteiger partial charge in [0.25, 0.3) is 0 Å². The second-order valence-corrected chi connectivity index (χ2v) is 3.85. The molecular formula is C10H20O3. The molecule has 0 aromatic carbocycles. The van der Waals surface area contributed by atoms with Gasteiger partial charge in [0.15, 0.2) is 0 Å². The summed E-state index contributed by atoms with van der Waals surface area (Å²) in [6, 6.07) is 0. The molecule has 0 rings (SSSR count). The van der Waals surface area contributed by atoms with Gasteiger partial charge in [-0.3, -0.25) is 4.79 Å². The molecule has 0 fully saturated rings. The van der Waals surface area contributed by atoms with Crippen LogP contribution in [0.3, 0.4) is 0 Å². The standard InChI is InChI=1S/C10H20O3/c1-7(2)9(5-6-11)10(12)13-8(3)4/h7-9,11H,5-6H2,1-4H3. The summed E-state index contributed by atoms with van der Waals surface area (Å²) in [5.41, 5.74) is 0. The van der Waals surface area contributed by atoms with E-state index in [4.69, 9.17) is 9.84 Å². The third-order valence-electron chi connectivity index (χ3n) is 1.90. The van der Waals surface area contributed by atoms with Crippen LogP contribution in [0.1, 0.15) is 34.1 Å². The lowest BCUT2D eigenvalue weighted by Crippen LogP contribution is -2.26. The summed E-state index contributed by atoms with van der Waals surface area (Å²) >= 11 is 0. The molecule has 0 radical (unpaired) electrons. The molecule has 0 aliphatic rings. The molecular weight excluding hydrogens is 168 g/mol. The predicted octanol–water partition coefficient (Wildman–Crippen LogP) is 1.59. The van der Waals surface area contributed by atoms with E-state index in [-0.39, 0.29) is 30.5 Å². The molecule has 1 unspecified atom stereocenters. The van der Waals surface area contributed by atoms with Crippen molar-refractivity contribution in [3.05, 3.63) is 0 Å². The van der Waals surface area contributed by atoms with E-state index in [9.17, 15) is 4.79 Å². The first kappa shape index (κ1) is 12.4. The minimum absolute atomic E-state index is 0.0377. The molecule has 13 heavy (non-hydrogen) atoms. The third kappa shape index (κ3) is 4.88. The molecule has 1 atom stereocenters. The van der Waals surface area contributed by atoms with E-state index < -0.39 is 0 Å². The Kier molecular flexibility index (Phi) is 5.71. The van der Waals surface area contributed by atoms with Crippen LogP contribution in [-0.2, 0) is 9.53 Å². The smallest absolute Gasteiger partial charge is 0.309 e. The maximum atomic E-state index is 11.5. The normalized spacial score (nSPS) is 13.5. The van der Waals surface area contributed by atoms with E-state index >= 15 is 0 Å². The molecule has 3 nitrogen and oxygen atoms in total. The zero-order valence-corrected chi connectivity index (χ0v) is 8.91. The van der Waals surface area contributed by atoms with Crippen molar-refractivity contribution in [2.75, 3.05) is 6.61 Å². The molecule has 0 saturated carbocycles. The van der Waals surface area contributed by atoms with Crippen molar-refractivity contribution in [3.63, 3.8) is 0 Å². The van der Waals surface area contributed by atoms with Crippen molar-refractivity contribution in [3.8, 4) is 0 Å². The van der Waals surface area contributed by atoms with Crippen LogP contribution in [0.2, 0.25) is 0 Å². The molecule has 0 bridgehead atoms. The van der Waals surface area contributed by atoms with Gasteiger partial charge in [0.05, 0.1) is 12.0 Å². The van der Waals surface area contributed by atoms with E-state index in [1.54, 1.807) is 0 Å². The van der Waals surface area contributed by atoms with Gasteiger partial charge in [0.1, 0.15) is 0 Å². The van der Waals surface area contributed by atoms with Crippen LogP contribution in [0.4, 0.5) is 0 Å². The van der Waals surface area contributed by atoms with Gasteiger partial charge in [0.2, 0.25) is 0 Å². The van der Waals surface area contributed by atoms with Crippen molar-refractivity contribution < 1.29 is 14.6 Å². The highest BCUT2D eigenvalue weighted by atomic mass is 16.5. The zero-order valence-electron chi connectivity index (χ0n) is 8.91.